The highest BCUT2D eigenvalue weighted by Gasteiger charge is 2.15. The van der Waals surface area contributed by atoms with Crippen molar-refractivity contribution in [3.63, 3.8) is 0 Å². The molecule has 3 aromatic heterocycles. The van der Waals surface area contributed by atoms with Gasteiger partial charge < -0.3 is 4.42 Å². The summed E-state index contributed by atoms with van der Waals surface area (Å²) in [6.45, 7) is 1.94. The maximum Gasteiger partial charge on any atom is 0.183 e. The minimum atomic E-state index is 0.600. The molecular weight excluding hydrogens is 288 g/mol. The van der Waals surface area contributed by atoms with E-state index in [2.05, 4.69) is 20.2 Å². The molecular formula is C18H14N4O. The Labute approximate surface area is 132 Å². The zero-order valence-corrected chi connectivity index (χ0v) is 12.5. The van der Waals surface area contributed by atoms with Gasteiger partial charge in [-0.1, -0.05) is 30.3 Å². The van der Waals surface area contributed by atoms with Gasteiger partial charge in [0.15, 0.2) is 11.5 Å². The van der Waals surface area contributed by atoms with Crippen LogP contribution in [0.3, 0.4) is 0 Å². The zero-order chi connectivity index (χ0) is 15.6. The molecule has 0 aliphatic carbocycles. The van der Waals surface area contributed by atoms with Crippen LogP contribution in [0.4, 0.5) is 5.82 Å². The van der Waals surface area contributed by atoms with Crippen LogP contribution in [0.15, 0.2) is 64.2 Å². The SMILES string of the molecule is Cc1cc(-c2ccco2)c2c(N=Cc3ccccc3)n[nH]c2n1. The maximum absolute atomic E-state index is 5.55. The van der Waals surface area contributed by atoms with E-state index in [1.54, 1.807) is 12.5 Å². The Hall–Kier alpha value is -3.21. The summed E-state index contributed by atoms with van der Waals surface area (Å²) in [5.41, 5.74) is 3.55. The van der Waals surface area contributed by atoms with Gasteiger partial charge in [-0.05, 0) is 30.7 Å². The third-order valence-electron chi connectivity index (χ3n) is 3.56. The number of H-pyrrole nitrogens is 1. The molecule has 0 saturated carbocycles. The molecule has 0 saturated heterocycles. The summed E-state index contributed by atoms with van der Waals surface area (Å²) in [6, 6.07) is 15.7. The molecule has 0 aliphatic rings. The average molecular weight is 302 g/mol. The van der Waals surface area contributed by atoms with E-state index in [0.717, 1.165) is 28.0 Å². The van der Waals surface area contributed by atoms with Gasteiger partial charge in [-0.15, -0.1) is 0 Å². The number of fused-ring (bicyclic) bond motifs is 1. The molecule has 0 spiro atoms. The van der Waals surface area contributed by atoms with Gasteiger partial charge in [0.2, 0.25) is 0 Å². The number of hydrogen-bond donors (Lipinski definition) is 1. The Bertz CT molecular complexity index is 969. The molecule has 3 heterocycles. The molecule has 0 bridgehead atoms. The van der Waals surface area contributed by atoms with Crippen molar-refractivity contribution < 1.29 is 4.42 Å². The Morgan fingerprint density at radius 2 is 2.00 bits per heavy atom. The van der Waals surface area contributed by atoms with Crippen LogP contribution in [0, 0.1) is 6.92 Å². The second-order valence-electron chi connectivity index (χ2n) is 5.23. The first kappa shape index (κ1) is 13.5. The van der Waals surface area contributed by atoms with Crippen molar-refractivity contribution >= 4 is 23.1 Å². The Balaban J connectivity index is 1.87. The van der Waals surface area contributed by atoms with Crippen molar-refractivity contribution in [2.45, 2.75) is 6.92 Å². The summed E-state index contributed by atoms with van der Waals surface area (Å²) in [4.78, 5) is 9.00. The summed E-state index contributed by atoms with van der Waals surface area (Å²) in [5, 5.41) is 8.11. The number of pyridine rings is 1. The number of hydrogen-bond acceptors (Lipinski definition) is 4. The van der Waals surface area contributed by atoms with Gasteiger partial charge in [-0.3, -0.25) is 5.10 Å². The van der Waals surface area contributed by atoms with E-state index in [4.69, 9.17) is 4.42 Å². The number of aliphatic imine (C=N–C) groups is 1. The van der Waals surface area contributed by atoms with Crippen molar-refractivity contribution in [1.29, 1.82) is 0 Å². The fourth-order valence-corrected chi connectivity index (χ4v) is 2.54. The van der Waals surface area contributed by atoms with Crippen molar-refractivity contribution in [3.05, 3.63) is 66.1 Å². The van der Waals surface area contributed by atoms with Gasteiger partial charge in [0.1, 0.15) is 5.76 Å². The smallest absolute Gasteiger partial charge is 0.183 e. The molecule has 0 aliphatic heterocycles. The summed E-state index contributed by atoms with van der Waals surface area (Å²) in [6.07, 6.45) is 3.45. The van der Waals surface area contributed by atoms with E-state index >= 15 is 0 Å². The van der Waals surface area contributed by atoms with Gasteiger partial charge in [0, 0.05) is 17.5 Å². The topological polar surface area (TPSA) is 67.1 Å². The van der Waals surface area contributed by atoms with Gasteiger partial charge >= 0.3 is 0 Å². The number of aryl methyl sites for hydroxylation is 1. The van der Waals surface area contributed by atoms with Gasteiger partial charge in [-0.25, -0.2) is 9.98 Å². The Kier molecular flexibility index (Phi) is 3.24. The van der Waals surface area contributed by atoms with Crippen LogP contribution in [0.1, 0.15) is 11.3 Å². The molecule has 1 N–H and O–H groups in total. The highest BCUT2D eigenvalue weighted by molar-refractivity contribution is 6.00. The number of nitrogens with zero attached hydrogens (tertiary/aromatic N) is 3. The highest BCUT2D eigenvalue weighted by Crippen LogP contribution is 2.33. The predicted octanol–water partition coefficient (Wildman–Crippen LogP) is 4.28. The Morgan fingerprint density at radius 1 is 1.13 bits per heavy atom. The van der Waals surface area contributed by atoms with E-state index in [1.807, 2.05) is 55.5 Å². The predicted molar refractivity (Wildman–Crippen MR) is 90.0 cm³/mol. The third kappa shape index (κ3) is 2.53. The van der Waals surface area contributed by atoms with Crippen LogP contribution in [-0.2, 0) is 0 Å². The molecule has 4 rings (SSSR count). The largest absolute Gasteiger partial charge is 0.464 e. The number of benzene rings is 1. The highest BCUT2D eigenvalue weighted by atomic mass is 16.3. The van der Waals surface area contributed by atoms with E-state index < -0.39 is 0 Å². The lowest BCUT2D eigenvalue weighted by Crippen LogP contribution is -1.86. The molecule has 0 unspecified atom stereocenters. The number of aromatic amines is 1. The third-order valence-corrected chi connectivity index (χ3v) is 3.56. The quantitative estimate of drug-likeness (QED) is 0.574. The molecule has 0 fully saturated rings. The summed E-state index contributed by atoms with van der Waals surface area (Å²) in [7, 11) is 0. The summed E-state index contributed by atoms with van der Waals surface area (Å²) >= 11 is 0. The van der Waals surface area contributed by atoms with Crippen LogP contribution in [0.2, 0.25) is 0 Å². The van der Waals surface area contributed by atoms with Crippen LogP contribution in [-0.4, -0.2) is 21.4 Å². The summed E-state index contributed by atoms with van der Waals surface area (Å²) in [5.74, 6) is 1.38. The Morgan fingerprint density at radius 3 is 2.78 bits per heavy atom. The number of aromatic nitrogens is 3. The van der Waals surface area contributed by atoms with Gasteiger partial charge in [0.25, 0.3) is 0 Å². The van der Waals surface area contributed by atoms with Crippen LogP contribution in [0.5, 0.6) is 0 Å². The molecule has 0 amide bonds. The van der Waals surface area contributed by atoms with E-state index in [-0.39, 0.29) is 0 Å². The first-order valence-electron chi connectivity index (χ1n) is 7.30. The molecule has 0 radical (unpaired) electrons. The molecule has 5 heteroatoms. The van der Waals surface area contributed by atoms with E-state index in [0.29, 0.717) is 11.5 Å². The maximum atomic E-state index is 5.55. The van der Waals surface area contributed by atoms with Crippen molar-refractivity contribution in [2.75, 3.05) is 0 Å². The van der Waals surface area contributed by atoms with Crippen molar-refractivity contribution in [2.24, 2.45) is 4.99 Å². The fourth-order valence-electron chi connectivity index (χ4n) is 2.54. The lowest BCUT2D eigenvalue weighted by Gasteiger charge is -2.02. The minimum Gasteiger partial charge on any atom is -0.464 e. The molecule has 112 valence electrons. The molecule has 4 aromatic rings. The number of nitrogens with one attached hydrogen (secondary N) is 1. The standard InChI is InChI=1S/C18H14N4O/c1-12-10-14(15-8-5-9-23-15)16-17(21-22-18(16)20-12)19-11-13-6-3-2-4-7-13/h2-11H,1H3,(H,20,21,22). The lowest BCUT2D eigenvalue weighted by molar-refractivity contribution is 0.583. The molecule has 0 atom stereocenters. The monoisotopic (exact) mass is 302 g/mol. The molecule has 23 heavy (non-hydrogen) atoms. The second kappa shape index (κ2) is 5.53. The molecule has 5 nitrogen and oxygen atoms in total. The lowest BCUT2D eigenvalue weighted by atomic mass is 10.1. The van der Waals surface area contributed by atoms with E-state index in [9.17, 15) is 0 Å². The average Bonchev–Trinajstić information content (AvgIpc) is 3.23. The van der Waals surface area contributed by atoms with Crippen molar-refractivity contribution in [3.8, 4) is 11.3 Å². The second-order valence-corrected chi connectivity index (χ2v) is 5.23. The molecule has 1 aromatic carbocycles. The zero-order valence-electron chi connectivity index (χ0n) is 12.5. The minimum absolute atomic E-state index is 0.600. The first-order chi connectivity index (χ1) is 11.3. The van der Waals surface area contributed by atoms with Gasteiger partial charge in [0.05, 0.1) is 11.6 Å². The summed E-state index contributed by atoms with van der Waals surface area (Å²) < 4.78 is 5.55. The number of rotatable bonds is 3. The fraction of sp³-hybridized carbons (Fsp3) is 0.0556. The van der Waals surface area contributed by atoms with E-state index in [1.165, 1.54) is 0 Å². The number of furan rings is 1. The van der Waals surface area contributed by atoms with Crippen LogP contribution in [0.25, 0.3) is 22.4 Å². The van der Waals surface area contributed by atoms with Crippen LogP contribution < -0.4 is 0 Å². The van der Waals surface area contributed by atoms with Gasteiger partial charge in [-0.2, -0.15) is 5.10 Å². The van der Waals surface area contributed by atoms with Crippen molar-refractivity contribution in [1.82, 2.24) is 15.2 Å². The van der Waals surface area contributed by atoms with Crippen LogP contribution >= 0.6 is 0 Å². The first-order valence-corrected chi connectivity index (χ1v) is 7.30. The normalized spacial score (nSPS) is 11.5.